The summed E-state index contributed by atoms with van der Waals surface area (Å²) in [5.74, 6) is -1.60. The first-order chi connectivity index (χ1) is 9.91. The molecule has 21 heavy (non-hydrogen) atoms. The molecular formula is C14H18N2O4S. The minimum absolute atomic E-state index is 0.0650. The highest BCUT2D eigenvalue weighted by Crippen LogP contribution is 2.24. The summed E-state index contributed by atoms with van der Waals surface area (Å²) < 4.78 is 0. The number of rotatable bonds is 4. The van der Waals surface area contributed by atoms with E-state index in [0.29, 0.717) is 17.8 Å². The van der Waals surface area contributed by atoms with Crippen molar-refractivity contribution in [2.75, 3.05) is 20.1 Å². The van der Waals surface area contributed by atoms with E-state index in [4.69, 9.17) is 0 Å². The van der Waals surface area contributed by atoms with E-state index >= 15 is 0 Å². The summed E-state index contributed by atoms with van der Waals surface area (Å²) in [5.41, 5.74) is 0. The third-order valence-electron chi connectivity index (χ3n) is 3.72. The number of hydrogen-bond acceptors (Lipinski definition) is 4. The number of amides is 2. The SMILES string of the molecule is CC1CCN(C(=O)CN(C)C(=O)c2cccs2)C1C(=O)O. The fourth-order valence-corrected chi connectivity index (χ4v) is 3.27. The fourth-order valence-electron chi connectivity index (χ4n) is 2.56. The molecule has 0 bridgehead atoms. The number of carbonyl (C=O) groups is 3. The van der Waals surface area contributed by atoms with Gasteiger partial charge >= 0.3 is 5.97 Å². The molecule has 0 spiro atoms. The highest BCUT2D eigenvalue weighted by molar-refractivity contribution is 7.12. The highest BCUT2D eigenvalue weighted by Gasteiger charge is 2.39. The maximum atomic E-state index is 12.3. The molecule has 114 valence electrons. The lowest BCUT2D eigenvalue weighted by molar-refractivity contribution is -0.149. The predicted octanol–water partition coefficient (Wildman–Crippen LogP) is 1.14. The van der Waals surface area contributed by atoms with E-state index in [-0.39, 0.29) is 24.3 Å². The molecule has 1 aromatic rings. The van der Waals surface area contributed by atoms with E-state index in [1.807, 2.05) is 6.92 Å². The highest BCUT2D eigenvalue weighted by atomic mass is 32.1. The topological polar surface area (TPSA) is 77.9 Å². The number of carboxylic acids is 1. The van der Waals surface area contributed by atoms with Crippen LogP contribution in [-0.2, 0) is 9.59 Å². The zero-order valence-corrected chi connectivity index (χ0v) is 12.8. The summed E-state index contributed by atoms with van der Waals surface area (Å²) >= 11 is 1.31. The summed E-state index contributed by atoms with van der Waals surface area (Å²) in [7, 11) is 1.55. The van der Waals surface area contributed by atoms with Crippen LogP contribution in [0.4, 0.5) is 0 Å². The lowest BCUT2D eigenvalue weighted by Gasteiger charge is -2.26. The summed E-state index contributed by atoms with van der Waals surface area (Å²) in [4.78, 5) is 38.9. The summed E-state index contributed by atoms with van der Waals surface area (Å²) in [6.45, 7) is 2.15. The first kappa shape index (κ1) is 15.5. The molecule has 1 aliphatic rings. The van der Waals surface area contributed by atoms with Crippen LogP contribution >= 0.6 is 11.3 Å². The van der Waals surface area contributed by atoms with Crippen LogP contribution in [0.5, 0.6) is 0 Å². The number of thiophene rings is 1. The molecule has 1 aromatic heterocycles. The van der Waals surface area contributed by atoms with Gasteiger partial charge in [0.05, 0.1) is 11.4 Å². The Labute approximate surface area is 127 Å². The Bertz CT molecular complexity index is 543. The average molecular weight is 310 g/mol. The van der Waals surface area contributed by atoms with Gasteiger partial charge in [-0.25, -0.2) is 4.79 Å². The van der Waals surface area contributed by atoms with Crippen LogP contribution in [0.1, 0.15) is 23.0 Å². The molecule has 2 unspecified atom stereocenters. The van der Waals surface area contributed by atoms with E-state index in [1.54, 1.807) is 24.6 Å². The Morgan fingerprint density at radius 2 is 2.19 bits per heavy atom. The van der Waals surface area contributed by atoms with Crippen molar-refractivity contribution in [2.45, 2.75) is 19.4 Å². The van der Waals surface area contributed by atoms with Crippen molar-refractivity contribution < 1.29 is 19.5 Å². The van der Waals surface area contributed by atoms with Crippen LogP contribution in [-0.4, -0.2) is 58.9 Å². The van der Waals surface area contributed by atoms with Crippen molar-refractivity contribution >= 4 is 29.1 Å². The molecule has 7 heteroatoms. The normalized spacial score (nSPS) is 21.3. The fraction of sp³-hybridized carbons (Fsp3) is 0.500. The molecule has 0 aliphatic carbocycles. The van der Waals surface area contributed by atoms with Crippen molar-refractivity contribution in [1.29, 1.82) is 0 Å². The first-order valence-corrected chi connectivity index (χ1v) is 7.61. The van der Waals surface area contributed by atoms with Crippen molar-refractivity contribution in [3.63, 3.8) is 0 Å². The van der Waals surface area contributed by atoms with Gasteiger partial charge in [0.2, 0.25) is 5.91 Å². The molecule has 0 radical (unpaired) electrons. The zero-order chi connectivity index (χ0) is 15.6. The third kappa shape index (κ3) is 3.24. The molecule has 1 N–H and O–H groups in total. The number of hydrogen-bond donors (Lipinski definition) is 1. The quantitative estimate of drug-likeness (QED) is 0.904. The van der Waals surface area contributed by atoms with Gasteiger partial charge in [0.15, 0.2) is 0 Å². The van der Waals surface area contributed by atoms with Gasteiger partial charge < -0.3 is 14.9 Å². The van der Waals surface area contributed by atoms with E-state index in [9.17, 15) is 19.5 Å². The van der Waals surface area contributed by atoms with Crippen LogP contribution < -0.4 is 0 Å². The Morgan fingerprint density at radius 3 is 2.76 bits per heavy atom. The van der Waals surface area contributed by atoms with Crippen LogP contribution in [0, 0.1) is 5.92 Å². The predicted molar refractivity (Wildman–Crippen MR) is 78.2 cm³/mol. The molecule has 1 fully saturated rings. The number of carbonyl (C=O) groups excluding carboxylic acids is 2. The second kappa shape index (κ2) is 6.26. The molecule has 0 saturated carbocycles. The Morgan fingerprint density at radius 1 is 1.48 bits per heavy atom. The van der Waals surface area contributed by atoms with E-state index in [0.717, 1.165) is 0 Å². The molecule has 2 atom stereocenters. The summed E-state index contributed by atoms with van der Waals surface area (Å²) in [5, 5.41) is 11.0. The molecular weight excluding hydrogens is 292 g/mol. The molecule has 2 heterocycles. The Hall–Kier alpha value is -1.89. The lowest BCUT2D eigenvalue weighted by atomic mass is 10.0. The van der Waals surface area contributed by atoms with Gasteiger partial charge in [-0.2, -0.15) is 0 Å². The number of nitrogens with zero attached hydrogens (tertiary/aromatic N) is 2. The van der Waals surface area contributed by atoms with Gasteiger partial charge in [-0.05, 0) is 23.8 Å². The van der Waals surface area contributed by atoms with Crippen molar-refractivity contribution in [2.24, 2.45) is 5.92 Å². The number of carboxylic acid groups (broad SMARTS) is 1. The largest absolute Gasteiger partial charge is 0.480 e. The molecule has 1 aliphatic heterocycles. The average Bonchev–Trinajstić information content (AvgIpc) is 3.06. The monoisotopic (exact) mass is 310 g/mol. The zero-order valence-electron chi connectivity index (χ0n) is 12.0. The second-order valence-electron chi connectivity index (χ2n) is 5.27. The first-order valence-electron chi connectivity index (χ1n) is 6.73. The standard InChI is InChI=1S/C14H18N2O4S/c1-9-5-6-16(12(9)14(19)20)11(17)8-15(2)13(18)10-4-3-7-21-10/h3-4,7,9,12H,5-6,8H2,1-2H3,(H,19,20). The van der Waals surface area contributed by atoms with Crippen LogP contribution in [0.2, 0.25) is 0 Å². The van der Waals surface area contributed by atoms with Gasteiger partial charge in [0, 0.05) is 13.6 Å². The van der Waals surface area contributed by atoms with E-state index < -0.39 is 12.0 Å². The van der Waals surface area contributed by atoms with Gasteiger partial charge in [0.25, 0.3) is 5.91 Å². The summed E-state index contributed by atoms with van der Waals surface area (Å²) in [6.07, 6.45) is 0.672. The molecule has 0 aromatic carbocycles. The van der Waals surface area contributed by atoms with Crippen molar-refractivity contribution in [3.8, 4) is 0 Å². The lowest BCUT2D eigenvalue weighted by Crippen LogP contribution is -2.47. The maximum Gasteiger partial charge on any atom is 0.326 e. The molecule has 1 saturated heterocycles. The van der Waals surface area contributed by atoms with E-state index in [2.05, 4.69) is 0 Å². The molecule has 2 amide bonds. The van der Waals surface area contributed by atoms with Crippen LogP contribution in [0.25, 0.3) is 0 Å². The van der Waals surface area contributed by atoms with Gasteiger partial charge in [-0.15, -0.1) is 11.3 Å². The Balaban J connectivity index is 2.01. The number of aliphatic carboxylic acids is 1. The van der Waals surface area contributed by atoms with Crippen LogP contribution in [0.3, 0.4) is 0 Å². The third-order valence-corrected chi connectivity index (χ3v) is 4.58. The minimum Gasteiger partial charge on any atom is -0.480 e. The van der Waals surface area contributed by atoms with Gasteiger partial charge in [0.1, 0.15) is 6.04 Å². The second-order valence-corrected chi connectivity index (χ2v) is 6.22. The number of likely N-dealkylation sites (tertiary alicyclic amines) is 1. The van der Waals surface area contributed by atoms with Gasteiger partial charge in [-0.3, -0.25) is 9.59 Å². The summed E-state index contributed by atoms with van der Waals surface area (Å²) in [6, 6.07) is 2.69. The van der Waals surface area contributed by atoms with Gasteiger partial charge in [-0.1, -0.05) is 13.0 Å². The van der Waals surface area contributed by atoms with E-state index in [1.165, 1.54) is 21.1 Å². The molecule has 6 nitrogen and oxygen atoms in total. The van der Waals surface area contributed by atoms with Crippen molar-refractivity contribution in [1.82, 2.24) is 9.80 Å². The maximum absolute atomic E-state index is 12.3. The smallest absolute Gasteiger partial charge is 0.326 e. The van der Waals surface area contributed by atoms with Crippen LogP contribution in [0.15, 0.2) is 17.5 Å². The Kier molecular flexibility index (Phi) is 4.62. The minimum atomic E-state index is -0.986. The molecule has 2 rings (SSSR count). The number of likely N-dealkylation sites (N-methyl/N-ethyl adjacent to an activating group) is 1. The van der Waals surface area contributed by atoms with Crippen molar-refractivity contribution in [3.05, 3.63) is 22.4 Å².